The number of H-pyrrole nitrogens is 1. The minimum atomic E-state index is 0.540. The van der Waals surface area contributed by atoms with Crippen molar-refractivity contribution in [2.24, 2.45) is 0 Å². The van der Waals surface area contributed by atoms with Crippen molar-refractivity contribution in [2.75, 3.05) is 10.6 Å². The predicted octanol–water partition coefficient (Wildman–Crippen LogP) is 6.44. The monoisotopic (exact) mass is 341 g/mol. The molecule has 0 spiro atoms. The van der Waals surface area contributed by atoms with Gasteiger partial charge in [0, 0.05) is 28.5 Å². The van der Waals surface area contributed by atoms with Crippen LogP contribution in [0.15, 0.2) is 79.3 Å². The van der Waals surface area contributed by atoms with E-state index in [0.29, 0.717) is 5.92 Å². The molecule has 0 unspecified atom stereocenters. The van der Waals surface area contributed by atoms with Crippen molar-refractivity contribution >= 4 is 33.1 Å². The van der Waals surface area contributed by atoms with Crippen molar-refractivity contribution in [2.45, 2.75) is 19.8 Å². The molecule has 130 valence electrons. The number of hydrogen-bond acceptors (Lipinski definition) is 2. The lowest BCUT2D eigenvalue weighted by Crippen LogP contribution is -2.07. The van der Waals surface area contributed by atoms with Crippen LogP contribution in [0.25, 0.3) is 21.7 Å². The fourth-order valence-corrected chi connectivity index (χ4v) is 3.21. The average Bonchev–Trinajstić information content (AvgIpc) is 3.08. The van der Waals surface area contributed by atoms with E-state index < -0.39 is 0 Å². The number of benzene rings is 3. The van der Waals surface area contributed by atoms with Crippen LogP contribution >= 0.6 is 0 Å². The minimum absolute atomic E-state index is 0.540. The Morgan fingerprint density at radius 1 is 0.808 bits per heavy atom. The summed E-state index contributed by atoms with van der Waals surface area (Å²) in [7, 11) is 0. The summed E-state index contributed by atoms with van der Waals surface area (Å²) in [5.41, 5.74) is 4.53. The van der Waals surface area contributed by atoms with Gasteiger partial charge < -0.3 is 15.6 Å². The van der Waals surface area contributed by atoms with Gasteiger partial charge in [-0.15, -0.1) is 0 Å². The second-order valence-electron chi connectivity index (χ2n) is 6.98. The van der Waals surface area contributed by atoms with Crippen molar-refractivity contribution in [1.29, 1.82) is 0 Å². The molecule has 0 bridgehead atoms. The van der Waals surface area contributed by atoms with E-state index in [1.54, 1.807) is 0 Å². The SMILES string of the molecule is C=C(Nc1ccc2cc(C(C)C)ccc2c1)Nc1ccc2[nH]ccc2c1. The molecule has 4 rings (SSSR count). The van der Waals surface area contributed by atoms with Gasteiger partial charge in [0.15, 0.2) is 0 Å². The van der Waals surface area contributed by atoms with Crippen LogP contribution < -0.4 is 10.6 Å². The zero-order chi connectivity index (χ0) is 18.1. The van der Waals surface area contributed by atoms with E-state index in [2.05, 4.69) is 90.6 Å². The van der Waals surface area contributed by atoms with Crippen LogP contribution in [0.3, 0.4) is 0 Å². The van der Waals surface area contributed by atoms with Crippen molar-refractivity contribution in [3.8, 4) is 0 Å². The third-order valence-electron chi connectivity index (χ3n) is 4.67. The second kappa shape index (κ2) is 6.60. The fraction of sp³-hybridized carbons (Fsp3) is 0.130. The maximum atomic E-state index is 4.10. The maximum absolute atomic E-state index is 4.10. The molecule has 0 saturated heterocycles. The third-order valence-corrected chi connectivity index (χ3v) is 4.67. The first-order valence-electron chi connectivity index (χ1n) is 8.92. The Morgan fingerprint density at radius 2 is 1.46 bits per heavy atom. The summed E-state index contributed by atoms with van der Waals surface area (Å²) in [6.07, 6.45) is 1.95. The van der Waals surface area contributed by atoms with Crippen LogP contribution in [0.1, 0.15) is 25.3 Å². The van der Waals surface area contributed by atoms with E-state index in [-0.39, 0.29) is 0 Å². The lowest BCUT2D eigenvalue weighted by Gasteiger charge is -2.14. The molecule has 3 heteroatoms. The first-order valence-corrected chi connectivity index (χ1v) is 8.92. The van der Waals surface area contributed by atoms with Crippen LogP contribution in [-0.2, 0) is 0 Å². The van der Waals surface area contributed by atoms with Gasteiger partial charge in [-0.25, -0.2) is 0 Å². The highest BCUT2D eigenvalue weighted by Gasteiger charge is 2.03. The first kappa shape index (κ1) is 16.3. The van der Waals surface area contributed by atoms with E-state index in [0.717, 1.165) is 22.7 Å². The highest BCUT2D eigenvalue weighted by molar-refractivity contribution is 5.87. The highest BCUT2D eigenvalue weighted by Crippen LogP contribution is 2.25. The molecule has 0 atom stereocenters. The quantitative estimate of drug-likeness (QED) is 0.391. The van der Waals surface area contributed by atoms with Gasteiger partial charge in [-0.3, -0.25) is 0 Å². The van der Waals surface area contributed by atoms with E-state index >= 15 is 0 Å². The standard InChI is InChI=1S/C23H23N3/c1-15(2)17-4-5-19-13-21(7-6-18(19)12-17)25-16(3)26-22-8-9-23-20(14-22)10-11-24-23/h4-15,24-26H,3H2,1-2H3. The van der Waals surface area contributed by atoms with Gasteiger partial charge in [0.1, 0.15) is 5.82 Å². The van der Waals surface area contributed by atoms with E-state index in [4.69, 9.17) is 0 Å². The Kier molecular flexibility index (Phi) is 4.13. The van der Waals surface area contributed by atoms with E-state index in [1.165, 1.54) is 21.7 Å². The molecule has 1 aromatic heterocycles. The highest BCUT2D eigenvalue weighted by atomic mass is 15.1. The molecule has 1 heterocycles. The van der Waals surface area contributed by atoms with Crippen LogP contribution in [-0.4, -0.2) is 4.98 Å². The number of fused-ring (bicyclic) bond motifs is 2. The number of hydrogen-bond donors (Lipinski definition) is 3. The summed E-state index contributed by atoms with van der Waals surface area (Å²) in [6, 6.07) is 21.3. The Hall–Kier alpha value is -3.20. The number of nitrogens with one attached hydrogen (secondary N) is 3. The number of aromatic amines is 1. The molecule has 0 radical (unpaired) electrons. The van der Waals surface area contributed by atoms with Gasteiger partial charge in [-0.2, -0.15) is 0 Å². The van der Waals surface area contributed by atoms with E-state index in [1.807, 2.05) is 12.3 Å². The van der Waals surface area contributed by atoms with Crippen LogP contribution in [0.2, 0.25) is 0 Å². The summed E-state index contributed by atoms with van der Waals surface area (Å²) in [4.78, 5) is 3.20. The van der Waals surface area contributed by atoms with Gasteiger partial charge in [-0.05, 0) is 58.7 Å². The van der Waals surface area contributed by atoms with Crippen LogP contribution in [0.5, 0.6) is 0 Å². The molecule has 0 aliphatic heterocycles. The normalized spacial score (nSPS) is 11.2. The predicted molar refractivity (Wildman–Crippen MR) is 113 cm³/mol. The summed E-state index contributed by atoms with van der Waals surface area (Å²) in [6.45, 7) is 8.54. The maximum Gasteiger partial charge on any atom is 0.100 e. The van der Waals surface area contributed by atoms with E-state index in [9.17, 15) is 0 Å². The largest absolute Gasteiger partial charge is 0.361 e. The van der Waals surface area contributed by atoms with Crippen LogP contribution in [0, 0.1) is 0 Å². The molecule has 3 N–H and O–H groups in total. The van der Waals surface area contributed by atoms with Gasteiger partial charge in [0.25, 0.3) is 0 Å². The molecule has 0 fully saturated rings. The Labute approximate surface area is 153 Å². The smallest absolute Gasteiger partial charge is 0.100 e. The van der Waals surface area contributed by atoms with Crippen LogP contribution in [0.4, 0.5) is 11.4 Å². The molecule has 3 aromatic carbocycles. The molecule has 0 aliphatic carbocycles. The Morgan fingerprint density at radius 3 is 2.23 bits per heavy atom. The molecule has 4 aromatic rings. The Balaban J connectivity index is 1.50. The molecule has 3 nitrogen and oxygen atoms in total. The molecular formula is C23H23N3. The number of rotatable bonds is 5. The molecule has 0 amide bonds. The van der Waals surface area contributed by atoms with Crippen molar-refractivity contribution in [3.05, 3.63) is 84.8 Å². The molecule has 26 heavy (non-hydrogen) atoms. The van der Waals surface area contributed by atoms with Crippen molar-refractivity contribution in [1.82, 2.24) is 4.98 Å². The summed E-state index contributed by atoms with van der Waals surface area (Å²) >= 11 is 0. The van der Waals surface area contributed by atoms with Gasteiger partial charge in [0.05, 0.1) is 0 Å². The van der Waals surface area contributed by atoms with Gasteiger partial charge in [-0.1, -0.05) is 44.7 Å². The third kappa shape index (κ3) is 3.29. The topological polar surface area (TPSA) is 39.8 Å². The summed E-state index contributed by atoms with van der Waals surface area (Å²) in [5.74, 6) is 1.29. The zero-order valence-electron chi connectivity index (χ0n) is 15.1. The van der Waals surface area contributed by atoms with Crippen molar-refractivity contribution < 1.29 is 0 Å². The number of aromatic nitrogens is 1. The molecule has 0 saturated carbocycles. The fourth-order valence-electron chi connectivity index (χ4n) is 3.21. The molecular weight excluding hydrogens is 318 g/mol. The average molecular weight is 341 g/mol. The minimum Gasteiger partial charge on any atom is -0.361 e. The second-order valence-corrected chi connectivity index (χ2v) is 6.98. The Bertz CT molecular complexity index is 1090. The molecule has 0 aliphatic rings. The lowest BCUT2D eigenvalue weighted by atomic mass is 9.99. The lowest BCUT2D eigenvalue weighted by molar-refractivity contribution is 0.869. The van der Waals surface area contributed by atoms with Gasteiger partial charge in [0.2, 0.25) is 0 Å². The summed E-state index contributed by atoms with van der Waals surface area (Å²) < 4.78 is 0. The van der Waals surface area contributed by atoms with Crippen molar-refractivity contribution in [3.63, 3.8) is 0 Å². The first-order chi connectivity index (χ1) is 12.6. The summed E-state index contributed by atoms with van der Waals surface area (Å²) in [5, 5.41) is 10.3. The number of anilines is 2. The zero-order valence-corrected chi connectivity index (χ0v) is 15.1. The van der Waals surface area contributed by atoms with Gasteiger partial charge >= 0.3 is 0 Å².